The topological polar surface area (TPSA) is 66.4 Å². The maximum Gasteiger partial charge on any atom is 0.329 e. The molecule has 0 radical (unpaired) electrons. The molecule has 21 heavy (non-hydrogen) atoms. The summed E-state index contributed by atoms with van der Waals surface area (Å²) in [7, 11) is 0. The van der Waals surface area contributed by atoms with Gasteiger partial charge in [0.1, 0.15) is 11.4 Å². The van der Waals surface area contributed by atoms with Gasteiger partial charge in [0, 0.05) is 5.56 Å². The van der Waals surface area contributed by atoms with Crippen molar-refractivity contribution < 1.29 is 19.1 Å². The molecule has 4 nitrogen and oxygen atoms in total. The molecule has 0 atom stereocenters. The lowest BCUT2D eigenvalue weighted by Gasteiger charge is -2.29. The second kappa shape index (κ2) is 6.24. The van der Waals surface area contributed by atoms with E-state index in [9.17, 15) is 19.1 Å². The lowest BCUT2D eigenvalue weighted by atomic mass is 9.89. The molecule has 0 bridgehead atoms. The summed E-state index contributed by atoms with van der Waals surface area (Å²) in [6.07, 6.45) is 4.34. The summed E-state index contributed by atoms with van der Waals surface area (Å²) < 4.78 is 13.4. The van der Waals surface area contributed by atoms with Gasteiger partial charge in [0.05, 0.1) is 0 Å². The fourth-order valence-corrected chi connectivity index (χ4v) is 2.88. The van der Waals surface area contributed by atoms with Crippen LogP contribution < -0.4 is 5.32 Å². The molecule has 1 saturated carbocycles. The smallest absolute Gasteiger partial charge is 0.329 e. The normalized spacial score (nSPS) is 17.8. The van der Waals surface area contributed by atoms with Crippen LogP contribution in [-0.2, 0) is 4.79 Å². The molecule has 0 spiro atoms. The van der Waals surface area contributed by atoms with Gasteiger partial charge in [-0.05, 0) is 43.5 Å². The fourth-order valence-electron chi connectivity index (χ4n) is 2.88. The van der Waals surface area contributed by atoms with Gasteiger partial charge in [-0.25, -0.2) is 9.18 Å². The molecule has 0 saturated heterocycles. The van der Waals surface area contributed by atoms with E-state index in [0.29, 0.717) is 18.4 Å². The number of carbonyl (C=O) groups is 2. The van der Waals surface area contributed by atoms with E-state index < -0.39 is 23.2 Å². The average Bonchev–Trinajstić information content (AvgIpc) is 2.64. The van der Waals surface area contributed by atoms with Crippen LogP contribution in [0.2, 0.25) is 0 Å². The van der Waals surface area contributed by atoms with Crippen LogP contribution in [0.5, 0.6) is 0 Å². The predicted molar refractivity (Wildman–Crippen MR) is 76.7 cm³/mol. The summed E-state index contributed by atoms with van der Waals surface area (Å²) in [6.45, 7) is 1.69. The Morgan fingerprint density at radius 1 is 1.14 bits per heavy atom. The van der Waals surface area contributed by atoms with Crippen molar-refractivity contribution in [3.05, 3.63) is 35.1 Å². The summed E-state index contributed by atoms with van der Waals surface area (Å²) in [5.41, 5.74) is -0.434. The molecule has 0 aliphatic heterocycles. The number of carboxylic acids is 1. The van der Waals surface area contributed by atoms with Crippen LogP contribution in [0.15, 0.2) is 18.2 Å². The molecule has 114 valence electrons. The summed E-state index contributed by atoms with van der Waals surface area (Å²) in [5.74, 6) is -2.03. The van der Waals surface area contributed by atoms with Gasteiger partial charge in [-0.3, -0.25) is 4.79 Å². The van der Waals surface area contributed by atoms with Crippen LogP contribution in [0.1, 0.15) is 54.4 Å². The maximum atomic E-state index is 13.4. The minimum Gasteiger partial charge on any atom is -0.480 e. The van der Waals surface area contributed by atoms with Gasteiger partial charge in [0.25, 0.3) is 5.91 Å². The fraction of sp³-hybridized carbons (Fsp3) is 0.500. The van der Waals surface area contributed by atoms with Gasteiger partial charge in [-0.1, -0.05) is 25.7 Å². The van der Waals surface area contributed by atoms with Crippen LogP contribution in [0.3, 0.4) is 0 Å². The monoisotopic (exact) mass is 293 g/mol. The van der Waals surface area contributed by atoms with E-state index in [1.807, 2.05) is 0 Å². The number of benzene rings is 1. The zero-order valence-corrected chi connectivity index (χ0v) is 12.1. The first-order valence-electron chi connectivity index (χ1n) is 7.26. The van der Waals surface area contributed by atoms with Gasteiger partial charge in [0.15, 0.2) is 0 Å². The first-order chi connectivity index (χ1) is 9.93. The van der Waals surface area contributed by atoms with Gasteiger partial charge in [-0.2, -0.15) is 0 Å². The Bertz CT molecular complexity index is 528. The van der Waals surface area contributed by atoms with E-state index in [4.69, 9.17) is 0 Å². The first-order valence-corrected chi connectivity index (χ1v) is 7.26. The molecule has 1 amide bonds. The molecule has 1 aromatic carbocycles. The number of carboxylic acid groups (broad SMARTS) is 1. The Morgan fingerprint density at radius 3 is 2.29 bits per heavy atom. The van der Waals surface area contributed by atoms with Gasteiger partial charge in [-0.15, -0.1) is 0 Å². The van der Waals surface area contributed by atoms with Crippen LogP contribution in [0, 0.1) is 12.7 Å². The summed E-state index contributed by atoms with van der Waals surface area (Å²) in [5, 5.41) is 12.2. The largest absolute Gasteiger partial charge is 0.480 e. The first kappa shape index (κ1) is 15.5. The van der Waals surface area contributed by atoms with Crippen molar-refractivity contribution in [2.24, 2.45) is 0 Å². The second-order valence-electron chi connectivity index (χ2n) is 5.77. The van der Waals surface area contributed by atoms with Crippen molar-refractivity contribution in [1.82, 2.24) is 5.32 Å². The van der Waals surface area contributed by atoms with Crippen molar-refractivity contribution in [1.29, 1.82) is 0 Å². The van der Waals surface area contributed by atoms with E-state index in [0.717, 1.165) is 31.7 Å². The van der Waals surface area contributed by atoms with Crippen molar-refractivity contribution >= 4 is 11.9 Å². The molecule has 1 aromatic rings. The molecule has 2 rings (SSSR count). The number of aryl methyl sites for hydroxylation is 1. The summed E-state index contributed by atoms with van der Waals surface area (Å²) in [4.78, 5) is 23.9. The molecule has 1 aliphatic rings. The minimum atomic E-state index is -1.23. The molecule has 2 N–H and O–H groups in total. The predicted octanol–water partition coefficient (Wildman–Crippen LogP) is 3.04. The lowest BCUT2D eigenvalue weighted by Crippen LogP contribution is -2.54. The molecule has 0 aromatic heterocycles. The number of amides is 1. The zero-order chi connectivity index (χ0) is 15.5. The molecule has 0 heterocycles. The van der Waals surface area contributed by atoms with E-state index in [1.165, 1.54) is 6.07 Å². The Kier molecular flexibility index (Phi) is 4.60. The molecular weight excluding hydrogens is 273 g/mol. The molecule has 1 aliphatic carbocycles. The Labute approximate surface area is 123 Å². The standard InChI is InChI=1S/C16H20FNO3/c1-11-8-12(10-13(17)9-11)14(19)18-16(15(20)21)6-4-2-3-5-7-16/h8-10H,2-7H2,1H3,(H,18,19)(H,20,21). The third-order valence-electron chi connectivity index (χ3n) is 4.02. The Hall–Kier alpha value is -1.91. The van der Waals surface area contributed by atoms with E-state index in [1.54, 1.807) is 13.0 Å². The average molecular weight is 293 g/mol. The number of rotatable bonds is 3. The van der Waals surface area contributed by atoms with E-state index >= 15 is 0 Å². The third-order valence-corrected chi connectivity index (χ3v) is 4.02. The van der Waals surface area contributed by atoms with Crippen molar-refractivity contribution in [2.45, 2.75) is 51.0 Å². The highest BCUT2D eigenvalue weighted by molar-refractivity contribution is 5.98. The molecule has 5 heteroatoms. The number of nitrogens with one attached hydrogen (secondary N) is 1. The molecular formula is C16H20FNO3. The number of carbonyl (C=O) groups excluding carboxylic acids is 1. The molecule has 1 fully saturated rings. The van der Waals surface area contributed by atoms with Crippen LogP contribution in [0.25, 0.3) is 0 Å². The highest BCUT2D eigenvalue weighted by Crippen LogP contribution is 2.28. The van der Waals surface area contributed by atoms with Crippen molar-refractivity contribution in [2.75, 3.05) is 0 Å². The highest BCUT2D eigenvalue weighted by Gasteiger charge is 2.40. The summed E-state index contributed by atoms with van der Waals surface area (Å²) >= 11 is 0. The van der Waals surface area contributed by atoms with E-state index in [2.05, 4.69) is 5.32 Å². The Balaban J connectivity index is 2.23. The highest BCUT2D eigenvalue weighted by atomic mass is 19.1. The van der Waals surface area contributed by atoms with Gasteiger partial charge >= 0.3 is 5.97 Å². The van der Waals surface area contributed by atoms with Gasteiger partial charge in [0.2, 0.25) is 0 Å². The van der Waals surface area contributed by atoms with Crippen molar-refractivity contribution in [3.63, 3.8) is 0 Å². The lowest BCUT2D eigenvalue weighted by molar-refractivity contribution is -0.145. The quantitative estimate of drug-likeness (QED) is 0.842. The zero-order valence-electron chi connectivity index (χ0n) is 12.1. The number of hydrogen-bond acceptors (Lipinski definition) is 2. The van der Waals surface area contributed by atoms with Crippen molar-refractivity contribution in [3.8, 4) is 0 Å². The third kappa shape index (κ3) is 3.60. The van der Waals surface area contributed by atoms with Crippen LogP contribution in [0.4, 0.5) is 4.39 Å². The summed E-state index contributed by atoms with van der Waals surface area (Å²) in [6, 6.07) is 4.02. The van der Waals surface area contributed by atoms with E-state index in [-0.39, 0.29) is 5.56 Å². The second-order valence-corrected chi connectivity index (χ2v) is 5.77. The minimum absolute atomic E-state index is 0.164. The van der Waals surface area contributed by atoms with Crippen LogP contribution >= 0.6 is 0 Å². The Morgan fingerprint density at radius 2 is 1.76 bits per heavy atom. The number of hydrogen-bond donors (Lipinski definition) is 2. The van der Waals surface area contributed by atoms with Crippen LogP contribution in [-0.4, -0.2) is 22.5 Å². The maximum absolute atomic E-state index is 13.4. The van der Waals surface area contributed by atoms with Gasteiger partial charge < -0.3 is 10.4 Å². The number of aliphatic carboxylic acids is 1. The molecule has 0 unspecified atom stereocenters. The SMILES string of the molecule is Cc1cc(F)cc(C(=O)NC2(C(=O)O)CCCCCC2)c1. The number of halogens is 1.